The number of carbonyl (C=O) groups is 2. The van der Waals surface area contributed by atoms with Crippen molar-refractivity contribution >= 4 is 40.3 Å². The summed E-state index contributed by atoms with van der Waals surface area (Å²) < 4.78 is 6.29. The molecule has 0 unspecified atom stereocenters. The van der Waals surface area contributed by atoms with Crippen molar-refractivity contribution in [2.45, 2.75) is 32.9 Å². The molecule has 0 heterocycles. The molecule has 5 nitrogen and oxygen atoms in total. The zero-order valence-electron chi connectivity index (χ0n) is 14.4. The number of ether oxygens (including phenoxy) is 1. The van der Waals surface area contributed by atoms with E-state index in [1.807, 2.05) is 45.0 Å². The lowest BCUT2D eigenvalue weighted by molar-refractivity contribution is 0.0523. The molecular formula is C19H21IN2O3. The number of rotatable bonds is 4. The highest BCUT2D eigenvalue weighted by Crippen LogP contribution is 2.13. The number of carbonyl (C=O) groups excluding carboxylic acids is 2. The second-order valence-corrected chi connectivity index (χ2v) is 7.76. The van der Waals surface area contributed by atoms with Crippen LogP contribution in [-0.4, -0.2) is 17.6 Å². The summed E-state index contributed by atoms with van der Waals surface area (Å²) in [5.74, 6) is -0.173. The molecule has 0 bridgehead atoms. The van der Waals surface area contributed by atoms with Gasteiger partial charge in [-0.3, -0.25) is 4.79 Å². The topological polar surface area (TPSA) is 67.4 Å². The Morgan fingerprint density at radius 1 is 1.00 bits per heavy atom. The van der Waals surface area contributed by atoms with Crippen molar-refractivity contribution in [3.05, 3.63) is 63.2 Å². The Hall–Kier alpha value is -2.09. The highest BCUT2D eigenvalue weighted by molar-refractivity contribution is 14.1. The monoisotopic (exact) mass is 452 g/mol. The van der Waals surface area contributed by atoms with Gasteiger partial charge >= 0.3 is 6.09 Å². The molecule has 132 valence electrons. The van der Waals surface area contributed by atoms with Crippen molar-refractivity contribution in [1.29, 1.82) is 0 Å². The van der Waals surface area contributed by atoms with Crippen LogP contribution in [0.2, 0.25) is 0 Å². The Bertz CT molecular complexity index is 735. The van der Waals surface area contributed by atoms with E-state index < -0.39 is 11.7 Å². The third-order valence-corrected chi connectivity index (χ3v) is 3.87. The predicted molar refractivity (Wildman–Crippen MR) is 107 cm³/mol. The van der Waals surface area contributed by atoms with Crippen LogP contribution in [0.3, 0.4) is 0 Å². The van der Waals surface area contributed by atoms with Crippen molar-refractivity contribution in [1.82, 2.24) is 5.32 Å². The van der Waals surface area contributed by atoms with E-state index in [9.17, 15) is 9.59 Å². The van der Waals surface area contributed by atoms with Gasteiger partial charge in [-0.15, -0.1) is 0 Å². The average Bonchev–Trinajstić information content (AvgIpc) is 2.54. The Morgan fingerprint density at radius 2 is 1.60 bits per heavy atom. The van der Waals surface area contributed by atoms with Crippen LogP contribution >= 0.6 is 22.6 Å². The second-order valence-electron chi connectivity index (χ2n) is 6.51. The highest BCUT2D eigenvalue weighted by atomic mass is 127. The average molecular weight is 452 g/mol. The molecule has 0 aliphatic heterocycles. The van der Waals surface area contributed by atoms with Crippen molar-refractivity contribution < 1.29 is 14.3 Å². The van der Waals surface area contributed by atoms with Crippen LogP contribution < -0.4 is 10.6 Å². The molecular weight excluding hydrogens is 431 g/mol. The molecule has 0 saturated heterocycles. The lowest BCUT2D eigenvalue weighted by Crippen LogP contribution is -2.32. The summed E-state index contributed by atoms with van der Waals surface area (Å²) in [4.78, 5) is 23.9. The molecule has 2 aromatic rings. The van der Waals surface area contributed by atoms with Gasteiger partial charge in [0, 0.05) is 21.4 Å². The fraction of sp³-hybridized carbons (Fsp3) is 0.263. The van der Waals surface area contributed by atoms with Gasteiger partial charge in [0.2, 0.25) is 0 Å². The van der Waals surface area contributed by atoms with E-state index in [2.05, 4.69) is 33.2 Å². The number of alkyl carbamates (subject to hydrolysis) is 1. The molecule has 0 aliphatic carbocycles. The first-order chi connectivity index (χ1) is 11.7. The molecule has 2 N–H and O–H groups in total. The van der Waals surface area contributed by atoms with Gasteiger partial charge < -0.3 is 15.4 Å². The van der Waals surface area contributed by atoms with Crippen LogP contribution in [0.4, 0.5) is 10.5 Å². The lowest BCUT2D eigenvalue weighted by atomic mass is 10.1. The number of nitrogens with one attached hydrogen (secondary N) is 2. The van der Waals surface area contributed by atoms with Gasteiger partial charge in [-0.25, -0.2) is 4.79 Å². The minimum Gasteiger partial charge on any atom is -0.444 e. The molecule has 6 heteroatoms. The first-order valence-corrected chi connectivity index (χ1v) is 8.93. The first-order valence-electron chi connectivity index (χ1n) is 7.86. The van der Waals surface area contributed by atoms with E-state index in [-0.39, 0.29) is 5.91 Å². The van der Waals surface area contributed by atoms with E-state index in [1.54, 1.807) is 24.3 Å². The maximum Gasteiger partial charge on any atom is 0.407 e. The second kappa shape index (κ2) is 8.33. The SMILES string of the molecule is CC(C)(C)OC(=O)NCc1ccc(C(=O)Nc2ccc(I)cc2)cc1. The molecule has 0 atom stereocenters. The third-order valence-electron chi connectivity index (χ3n) is 3.15. The molecule has 25 heavy (non-hydrogen) atoms. The number of benzene rings is 2. The number of halogens is 1. The zero-order chi connectivity index (χ0) is 18.4. The summed E-state index contributed by atoms with van der Waals surface area (Å²) in [6.07, 6.45) is -0.465. The van der Waals surface area contributed by atoms with E-state index in [0.29, 0.717) is 12.1 Å². The Balaban J connectivity index is 1.89. The number of hydrogen-bond donors (Lipinski definition) is 2. The molecule has 2 aromatic carbocycles. The Kier molecular flexibility index (Phi) is 6.41. The predicted octanol–water partition coefficient (Wildman–Crippen LogP) is 4.57. The van der Waals surface area contributed by atoms with Crippen LogP contribution in [0.5, 0.6) is 0 Å². The maximum absolute atomic E-state index is 12.2. The van der Waals surface area contributed by atoms with Gasteiger partial charge in [0.1, 0.15) is 5.60 Å². The number of amides is 2. The number of anilines is 1. The van der Waals surface area contributed by atoms with Crippen LogP contribution in [-0.2, 0) is 11.3 Å². The normalized spacial score (nSPS) is 10.9. The summed E-state index contributed by atoms with van der Waals surface area (Å²) in [5.41, 5.74) is 1.67. The molecule has 0 fully saturated rings. The van der Waals surface area contributed by atoms with Crippen LogP contribution in [0, 0.1) is 3.57 Å². The highest BCUT2D eigenvalue weighted by Gasteiger charge is 2.15. The smallest absolute Gasteiger partial charge is 0.407 e. The molecule has 0 spiro atoms. The molecule has 2 amide bonds. The first kappa shape index (κ1) is 19.2. The van der Waals surface area contributed by atoms with E-state index in [1.165, 1.54) is 0 Å². The number of hydrogen-bond acceptors (Lipinski definition) is 3. The lowest BCUT2D eigenvalue weighted by Gasteiger charge is -2.19. The van der Waals surface area contributed by atoms with Gasteiger partial charge in [-0.1, -0.05) is 12.1 Å². The van der Waals surface area contributed by atoms with Gasteiger partial charge in [0.25, 0.3) is 5.91 Å². The summed E-state index contributed by atoms with van der Waals surface area (Å²) in [7, 11) is 0. The van der Waals surface area contributed by atoms with Gasteiger partial charge in [0.15, 0.2) is 0 Å². The summed E-state index contributed by atoms with van der Waals surface area (Å²) in [6, 6.07) is 14.7. The quantitative estimate of drug-likeness (QED) is 0.669. The van der Waals surface area contributed by atoms with E-state index in [4.69, 9.17) is 4.74 Å². The van der Waals surface area contributed by atoms with Gasteiger partial charge in [-0.2, -0.15) is 0 Å². The van der Waals surface area contributed by atoms with Crippen molar-refractivity contribution in [2.75, 3.05) is 5.32 Å². The Morgan fingerprint density at radius 3 is 2.16 bits per heavy atom. The molecule has 0 aromatic heterocycles. The maximum atomic E-state index is 12.2. The summed E-state index contributed by atoms with van der Waals surface area (Å²) in [6.45, 7) is 5.78. The summed E-state index contributed by atoms with van der Waals surface area (Å²) >= 11 is 2.21. The third kappa shape index (κ3) is 6.74. The van der Waals surface area contributed by atoms with Crippen molar-refractivity contribution in [3.8, 4) is 0 Å². The van der Waals surface area contributed by atoms with E-state index >= 15 is 0 Å². The molecule has 0 aliphatic rings. The molecule has 0 radical (unpaired) electrons. The Labute approximate surface area is 161 Å². The largest absolute Gasteiger partial charge is 0.444 e. The molecule has 2 rings (SSSR count). The summed E-state index contributed by atoms with van der Waals surface area (Å²) in [5, 5.41) is 5.54. The van der Waals surface area contributed by atoms with Gasteiger partial charge in [0.05, 0.1) is 0 Å². The minimum absolute atomic E-state index is 0.173. The van der Waals surface area contributed by atoms with Crippen LogP contribution in [0.1, 0.15) is 36.7 Å². The fourth-order valence-corrected chi connectivity index (χ4v) is 2.36. The minimum atomic E-state index is -0.526. The van der Waals surface area contributed by atoms with Crippen molar-refractivity contribution in [3.63, 3.8) is 0 Å². The van der Waals surface area contributed by atoms with E-state index in [0.717, 1.165) is 14.8 Å². The fourth-order valence-electron chi connectivity index (χ4n) is 2.00. The van der Waals surface area contributed by atoms with Gasteiger partial charge in [-0.05, 0) is 85.3 Å². The van der Waals surface area contributed by atoms with Crippen LogP contribution in [0.25, 0.3) is 0 Å². The van der Waals surface area contributed by atoms with Crippen molar-refractivity contribution in [2.24, 2.45) is 0 Å². The standard InChI is InChI=1S/C19H21IN2O3/c1-19(2,3)25-18(24)21-12-13-4-6-14(7-5-13)17(23)22-16-10-8-15(20)9-11-16/h4-11H,12H2,1-3H3,(H,21,24)(H,22,23). The molecule has 0 saturated carbocycles. The zero-order valence-corrected chi connectivity index (χ0v) is 16.6. The van der Waals surface area contributed by atoms with Crippen LogP contribution in [0.15, 0.2) is 48.5 Å².